The van der Waals surface area contributed by atoms with E-state index in [4.69, 9.17) is 10.3 Å². The van der Waals surface area contributed by atoms with Gasteiger partial charge in [-0.25, -0.2) is 18.4 Å². The van der Waals surface area contributed by atoms with Crippen LogP contribution in [0.5, 0.6) is 0 Å². The molecule has 3 N–H and O–H groups in total. The van der Waals surface area contributed by atoms with Crippen LogP contribution in [0.4, 0.5) is 5.82 Å². The van der Waals surface area contributed by atoms with E-state index >= 15 is 0 Å². The van der Waals surface area contributed by atoms with Gasteiger partial charge in [-0.1, -0.05) is 41.6 Å². The number of hydrogen-bond acceptors (Lipinski definition) is 8. The molecular weight excluding hydrogens is 449 g/mol. The lowest BCUT2D eigenvalue weighted by Gasteiger charge is -2.10. The predicted octanol–water partition coefficient (Wildman–Crippen LogP) is 3.08. The van der Waals surface area contributed by atoms with Gasteiger partial charge < -0.3 is 15.6 Å². The number of aromatic nitrogens is 3. The molecule has 0 aliphatic rings. The fourth-order valence-electron chi connectivity index (χ4n) is 3.44. The topological polar surface area (TPSA) is 124 Å². The summed E-state index contributed by atoms with van der Waals surface area (Å²) in [6.45, 7) is 3.31. The number of benzene rings is 2. The molecule has 0 saturated heterocycles. The van der Waals surface area contributed by atoms with E-state index < -0.39 is 15.1 Å². The van der Waals surface area contributed by atoms with Crippen LogP contribution in [0.15, 0.2) is 70.2 Å². The SMILES string of the molecule is BC(NC)c1ccc(-c2cc(-c3nc(-c4ccc(S(=O)(=O)C(C)C)cc4)cnc3N)on2)cc1. The molecule has 2 aromatic heterocycles. The van der Waals surface area contributed by atoms with Crippen LogP contribution in [0.1, 0.15) is 25.4 Å². The number of rotatable bonds is 7. The van der Waals surface area contributed by atoms with Crippen LogP contribution in [0.25, 0.3) is 34.0 Å². The zero-order valence-corrected chi connectivity index (χ0v) is 20.3. The van der Waals surface area contributed by atoms with Crippen molar-refractivity contribution in [1.82, 2.24) is 20.4 Å². The first-order valence-electron chi connectivity index (χ1n) is 10.9. The minimum atomic E-state index is -3.35. The first-order valence-corrected chi connectivity index (χ1v) is 12.5. The molecule has 8 nitrogen and oxygen atoms in total. The second-order valence-corrected chi connectivity index (χ2v) is 10.8. The Bertz CT molecular complexity index is 1400. The molecule has 0 fully saturated rings. The number of nitrogens with one attached hydrogen (secondary N) is 1. The fraction of sp³-hybridized carbons (Fsp3) is 0.208. The van der Waals surface area contributed by atoms with Gasteiger partial charge in [0.25, 0.3) is 0 Å². The van der Waals surface area contributed by atoms with Gasteiger partial charge in [0.15, 0.2) is 27.1 Å². The molecular formula is C24H26BN5O3S. The highest BCUT2D eigenvalue weighted by Gasteiger charge is 2.20. The molecule has 34 heavy (non-hydrogen) atoms. The summed E-state index contributed by atoms with van der Waals surface area (Å²) in [7, 11) is 0.663. The van der Waals surface area contributed by atoms with Crippen molar-refractivity contribution in [2.24, 2.45) is 0 Å². The molecule has 0 spiro atoms. The van der Waals surface area contributed by atoms with E-state index in [1.54, 1.807) is 50.4 Å². The lowest BCUT2D eigenvalue weighted by Crippen LogP contribution is -2.15. The molecule has 2 heterocycles. The highest BCUT2D eigenvalue weighted by molar-refractivity contribution is 7.92. The van der Waals surface area contributed by atoms with Crippen LogP contribution in [-0.4, -0.2) is 43.7 Å². The Hall–Kier alpha value is -3.50. The van der Waals surface area contributed by atoms with Crippen molar-refractivity contribution in [3.63, 3.8) is 0 Å². The van der Waals surface area contributed by atoms with Crippen LogP contribution >= 0.6 is 0 Å². The lowest BCUT2D eigenvalue weighted by molar-refractivity contribution is 0.434. The maximum absolute atomic E-state index is 12.4. The Morgan fingerprint density at radius 2 is 1.62 bits per heavy atom. The first-order chi connectivity index (χ1) is 16.2. The Kier molecular flexibility index (Phi) is 6.54. The van der Waals surface area contributed by atoms with Crippen molar-refractivity contribution in [3.8, 4) is 34.0 Å². The van der Waals surface area contributed by atoms with Gasteiger partial charge in [0, 0.05) is 17.2 Å². The molecule has 2 aromatic carbocycles. The molecule has 0 saturated carbocycles. The summed E-state index contributed by atoms with van der Waals surface area (Å²) in [6.07, 6.45) is 1.55. The van der Waals surface area contributed by atoms with Crippen molar-refractivity contribution in [2.75, 3.05) is 12.8 Å². The van der Waals surface area contributed by atoms with E-state index in [1.807, 2.05) is 31.3 Å². The van der Waals surface area contributed by atoms with Crippen molar-refractivity contribution in [2.45, 2.75) is 29.9 Å². The van der Waals surface area contributed by atoms with Gasteiger partial charge in [-0.05, 0) is 44.5 Å². The summed E-state index contributed by atoms with van der Waals surface area (Å²) >= 11 is 0. The number of hydrogen-bond donors (Lipinski definition) is 2. The van der Waals surface area contributed by atoms with E-state index in [0.717, 1.165) is 5.56 Å². The second kappa shape index (κ2) is 9.40. The molecule has 4 aromatic rings. The quantitative estimate of drug-likeness (QED) is 0.391. The summed E-state index contributed by atoms with van der Waals surface area (Å²) in [5.74, 6) is 0.858. The van der Waals surface area contributed by atoms with Crippen LogP contribution < -0.4 is 11.1 Å². The van der Waals surface area contributed by atoms with Crippen LogP contribution in [0.3, 0.4) is 0 Å². The minimum absolute atomic E-state index is 0.212. The molecule has 0 radical (unpaired) electrons. The molecule has 10 heteroatoms. The number of sulfone groups is 1. The summed E-state index contributed by atoms with van der Waals surface area (Å²) < 4.78 is 30.3. The van der Waals surface area contributed by atoms with Crippen molar-refractivity contribution < 1.29 is 12.9 Å². The van der Waals surface area contributed by atoms with Gasteiger partial charge in [-0.2, -0.15) is 0 Å². The molecule has 1 atom stereocenters. The molecule has 0 bridgehead atoms. The average Bonchev–Trinajstić information content (AvgIpc) is 3.34. The Labute approximate surface area is 199 Å². The predicted molar refractivity (Wildman–Crippen MR) is 135 cm³/mol. The zero-order chi connectivity index (χ0) is 24.5. The van der Waals surface area contributed by atoms with Gasteiger partial charge in [0.05, 0.1) is 22.0 Å². The summed E-state index contributed by atoms with van der Waals surface area (Å²) in [4.78, 5) is 9.14. The molecule has 174 valence electrons. The third-order valence-electron chi connectivity index (χ3n) is 5.78. The van der Waals surface area contributed by atoms with Gasteiger partial charge in [0.2, 0.25) is 0 Å². The highest BCUT2D eigenvalue weighted by Crippen LogP contribution is 2.30. The third kappa shape index (κ3) is 4.60. The summed E-state index contributed by atoms with van der Waals surface area (Å²) in [5.41, 5.74) is 10.5. The number of nitrogen functional groups attached to an aromatic ring is 1. The third-order valence-corrected chi connectivity index (χ3v) is 7.95. The Balaban J connectivity index is 1.63. The molecule has 0 aliphatic carbocycles. The van der Waals surface area contributed by atoms with Crippen LogP contribution in [0.2, 0.25) is 0 Å². The molecule has 0 aliphatic heterocycles. The Morgan fingerprint density at radius 3 is 2.24 bits per heavy atom. The van der Waals surface area contributed by atoms with Crippen molar-refractivity contribution >= 4 is 23.5 Å². The minimum Gasteiger partial charge on any atom is -0.382 e. The standard InChI is InChI=1S/C24H26BN5O3S/c1-14(2)34(31,32)18-10-8-16(9-11-18)20-13-28-24(26)22(29-20)21-12-19(30-33-21)15-4-6-17(7-5-15)23(25)27-3/h4-14,23,27H,25H2,1-3H3,(H2,26,28). The maximum atomic E-state index is 12.4. The highest BCUT2D eigenvalue weighted by atomic mass is 32.2. The number of anilines is 1. The summed E-state index contributed by atoms with van der Waals surface area (Å²) in [6, 6.07) is 16.4. The van der Waals surface area contributed by atoms with E-state index in [0.29, 0.717) is 28.4 Å². The fourth-order valence-corrected chi connectivity index (χ4v) is 4.50. The van der Waals surface area contributed by atoms with Gasteiger partial charge in [-0.15, -0.1) is 0 Å². The normalized spacial score (nSPS) is 12.7. The molecule has 1 unspecified atom stereocenters. The summed E-state index contributed by atoms with van der Waals surface area (Å²) in [5, 5.41) is 6.89. The smallest absolute Gasteiger partial charge is 0.189 e. The number of nitrogens with two attached hydrogens (primary N) is 1. The maximum Gasteiger partial charge on any atom is 0.189 e. The van der Waals surface area contributed by atoms with E-state index in [9.17, 15) is 8.42 Å². The average molecular weight is 475 g/mol. The molecule has 0 amide bonds. The van der Waals surface area contributed by atoms with Crippen molar-refractivity contribution in [1.29, 1.82) is 0 Å². The number of nitrogens with zero attached hydrogens (tertiary/aromatic N) is 3. The van der Waals surface area contributed by atoms with Crippen molar-refractivity contribution in [3.05, 3.63) is 66.4 Å². The molecule has 4 rings (SSSR count). The zero-order valence-electron chi connectivity index (χ0n) is 19.5. The first kappa shape index (κ1) is 23.7. The van der Waals surface area contributed by atoms with Gasteiger partial charge >= 0.3 is 0 Å². The monoisotopic (exact) mass is 475 g/mol. The van der Waals surface area contributed by atoms with E-state index in [-0.39, 0.29) is 16.7 Å². The van der Waals surface area contributed by atoms with Crippen LogP contribution in [-0.2, 0) is 9.84 Å². The van der Waals surface area contributed by atoms with E-state index in [1.165, 1.54) is 5.56 Å². The Morgan fingerprint density at radius 1 is 1.00 bits per heavy atom. The lowest BCUT2D eigenvalue weighted by atomic mass is 9.88. The van der Waals surface area contributed by atoms with Gasteiger partial charge in [0.1, 0.15) is 13.5 Å². The van der Waals surface area contributed by atoms with Crippen LogP contribution in [0, 0.1) is 0 Å². The second-order valence-electron chi connectivity index (χ2n) is 8.32. The largest absolute Gasteiger partial charge is 0.382 e. The van der Waals surface area contributed by atoms with E-state index in [2.05, 4.69) is 28.3 Å². The van der Waals surface area contributed by atoms with Gasteiger partial charge in [-0.3, -0.25) is 0 Å².